The Labute approximate surface area is 108 Å². The van der Waals surface area contributed by atoms with Gasteiger partial charge in [-0.3, -0.25) is 4.79 Å². The fraction of sp³-hybridized carbons (Fsp3) is 0.833. The number of hydrogen-bond donors (Lipinski definition) is 2. The van der Waals surface area contributed by atoms with Crippen molar-refractivity contribution in [1.82, 2.24) is 15.1 Å². The molecule has 0 aliphatic carbocycles. The van der Waals surface area contributed by atoms with E-state index < -0.39 is 0 Å². The van der Waals surface area contributed by atoms with Crippen molar-refractivity contribution in [3.8, 4) is 0 Å². The van der Waals surface area contributed by atoms with Crippen LogP contribution in [0.25, 0.3) is 0 Å². The van der Waals surface area contributed by atoms with Crippen molar-refractivity contribution in [2.75, 3.05) is 26.7 Å². The summed E-state index contributed by atoms with van der Waals surface area (Å²) in [7, 11) is 1.80. The van der Waals surface area contributed by atoms with Crippen LogP contribution in [-0.4, -0.2) is 60.5 Å². The second-order valence-corrected chi connectivity index (χ2v) is 4.84. The van der Waals surface area contributed by atoms with E-state index in [1.54, 1.807) is 16.8 Å². The Morgan fingerprint density at radius 2 is 2.00 bits per heavy atom. The lowest BCUT2D eigenvalue weighted by molar-refractivity contribution is -0.131. The molecule has 1 aliphatic rings. The Balaban J connectivity index is 2.36. The monoisotopic (exact) mass is 256 g/mol. The second-order valence-electron chi connectivity index (χ2n) is 4.84. The van der Waals surface area contributed by atoms with Gasteiger partial charge >= 0.3 is 6.03 Å². The molecule has 0 radical (unpaired) electrons. The number of likely N-dealkylation sites (tertiary alicyclic amines) is 1. The van der Waals surface area contributed by atoms with Crippen LogP contribution in [0.5, 0.6) is 0 Å². The SMILES string of the molecule is CCN(C)C(=O)C(C)NC1CCN(C(N)=O)CC1. The van der Waals surface area contributed by atoms with Crippen LogP contribution in [-0.2, 0) is 4.79 Å². The van der Waals surface area contributed by atoms with Gasteiger partial charge in [-0.1, -0.05) is 0 Å². The Bertz CT molecular complexity index is 300. The van der Waals surface area contributed by atoms with Gasteiger partial charge in [0.25, 0.3) is 0 Å². The summed E-state index contributed by atoms with van der Waals surface area (Å²) in [5.41, 5.74) is 5.23. The highest BCUT2D eigenvalue weighted by Crippen LogP contribution is 2.11. The van der Waals surface area contributed by atoms with Gasteiger partial charge in [0.2, 0.25) is 5.91 Å². The third-order valence-electron chi connectivity index (χ3n) is 3.51. The summed E-state index contributed by atoms with van der Waals surface area (Å²) in [6, 6.07) is -0.256. The number of amides is 3. The van der Waals surface area contributed by atoms with E-state index in [1.807, 2.05) is 13.8 Å². The Morgan fingerprint density at radius 1 is 1.44 bits per heavy atom. The molecule has 6 heteroatoms. The number of carbonyl (C=O) groups is 2. The molecule has 0 bridgehead atoms. The average molecular weight is 256 g/mol. The minimum absolute atomic E-state index is 0.106. The first kappa shape index (κ1) is 14.8. The standard InChI is InChI=1S/C12H24N4O2/c1-4-15(3)11(17)9(2)14-10-5-7-16(8-6-10)12(13)18/h9-10,14H,4-8H2,1-3H3,(H2,13,18). The molecule has 0 saturated carbocycles. The molecule has 1 heterocycles. The maximum atomic E-state index is 11.9. The Kier molecular flexibility index (Phi) is 5.40. The summed E-state index contributed by atoms with van der Waals surface area (Å²) >= 11 is 0. The summed E-state index contributed by atoms with van der Waals surface area (Å²) in [5.74, 6) is 0.106. The molecular weight excluding hydrogens is 232 g/mol. The maximum absolute atomic E-state index is 11.9. The zero-order chi connectivity index (χ0) is 13.7. The molecule has 3 N–H and O–H groups in total. The molecule has 1 saturated heterocycles. The fourth-order valence-electron chi connectivity index (χ4n) is 2.18. The smallest absolute Gasteiger partial charge is 0.314 e. The van der Waals surface area contributed by atoms with Crippen LogP contribution in [0.2, 0.25) is 0 Å². The first-order valence-electron chi connectivity index (χ1n) is 6.51. The molecule has 104 valence electrons. The number of likely N-dealkylation sites (N-methyl/N-ethyl adjacent to an activating group) is 1. The number of hydrogen-bond acceptors (Lipinski definition) is 3. The number of carbonyl (C=O) groups excluding carboxylic acids is 2. The number of nitrogens with zero attached hydrogens (tertiary/aromatic N) is 2. The van der Waals surface area contributed by atoms with E-state index in [2.05, 4.69) is 5.32 Å². The Hall–Kier alpha value is -1.30. The van der Waals surface area contributed by atoms with Gasteiger partial charge in [-0.2, -0.15) is 0 Å². The lowest BCUT2D eigenvalue weighted by Crippen LogP contribution is -2.52. The predicted molar refractivity (Wildman–Crippen MR) is 70.1 cm³/mol. The summed E-state index contributed by atoms with van der Waals surface area (Å²) in [6.45, 7) is 5.88. The first-order valence-corrected chi connectivity index (χ1v) is 6.51. The van der Waals surface area contributed by atoms with Gasteiger partial charge in [0.1, 0.15) is 0 Å². The molecule has 1 unspecified atom stereocenters. The lowest BCUT2D eigenvalue weighted by Gasteiger charge is -2.33. The minimum Gasteiger partial charge on any atom is -0.351 e. The van der Waals surface area contributed by atoms with E-state index >= 15 is 0 Å². The number of primary amides is 1. The number of nitrogens with one attached hydrogen (secondary N) is 1. The van der Waals surface area contributed by atoms with Gasteiger partial charge in [0.05, 0.1) is 6.04 Å². The van der Waals surface area contributed by atoms with Gasteiger partial charge in [-0.25, -0.2) is 4.79 Å². The lowest BCUT2D eigenvalue weighted by atomic mass is 10.0. The third-order valence-corrected chi connectivity index (χ3v) is 3.51. The van der Waals surface area contributed by atoms with Crippen molar-refractivity contribution < 1.29 is 9.59 Å². The zero-order valence-corrected chi connectivity index (χ0v) is 11.5. The van der Waals surface area contributed by atoms with Crippen molar-refractivity contribution in [2.24, 2.45) is 5.73 Å². The normalized spacial score (nSPS) is 18.5. The van der Waals surface area contributed by atoms with Gasteiger partial charge in [-0.15, -0.1) is 0 Å². The highest BCUT2D eigenvalue weighted by molar-refractivity contribution is 5.81. The molecular formula is C12H24N4O2. The summed E-state index contributed by atoms with van der Waals surface area (Å²) in [6.07, 6.45) is 1.69. The molecule has 3 amide bonds. The van der Waals surface area contributed by atoms with Crippen LogP contribution in [0, 0.1) is 0 Å². The first-order chi connectivity index (χ1) is 8.45. The van der Waals surface area contributed by atoms with Crippen molar-refractivity contribution in [3.05, 3.63) is 0 Å². The molecule has 18 heavy (non-hydrogen) atoms. The quantitative estimate of drug-likeness (QED) is 0.742. The van der Waals surface area contributed by atoms with Crippen molar-refractivity contribution >= 4 is 11.9 Å². The van der Waals surface area contributed by atoms with Crippen molar-refractivity contribution in [3.63, 3.8) is 0 Å². The van der Waals surface area contributed by atoms with E-state index in [4.69, 9.17) is 5.73 Å². The van der Waals surface area contributed by atoms with E-state index in [9.17, 15) is 9.59 Å². The van der Waals surface area contributed by atoms with E-state index in [-0.39, 0.29) is 24.0 Å². The molecule has 1 fully saturated rings. The van der Waals surface area contributed by atoms with Crippen molar-refractivity contribution in [1.29, 1.82) is 0 Å². The summed E-state index contributed by atoms with van der Waals surface area (Å²) in [5, 5.41) is 3.32. The van der Waals surface area contributed by atoms with Crippen LogP contribution in [0.15, 0.2) is 0 Å². The zero-order valence-electron chi connectivity index (χ0n) is 11.5. The predicted octanol–water partition coefficient (Wildman–Crippen LogP) is -0.0141. The molecule has 0 spiro atoms. The largest absolute Gasteiger partial charge is 0.351 e. The van der Waals surface area contributed by atoms with Crippen LogP contribution >= 0.6 is 0 Å². The highest BCUT2D eigenvalue weighted by atomic mass is 16.2. The molecule has 0 aromatic carbocycles. The number of urea groups is 1. The van der Waals surface area contributed by atoms with E-state index in [1.165, 1.54) is 0 Å². The van der Waals surface area contributed by atoms with Crippen LogP contribution < -0.4 is 11.1 Å². The van der Waals surface area contributed by atoms with E-state index in [0.29, 0.717) is 19.6 Å². The molecule has 6 nitrogen and oxygen atoms in total. The maximum Gasteiger partial charge on any atom is 0.314 e. The Morgan fingerprint density at radius 3 is 2.44 bits per heavy atom. The van der Waals surface area contributed by atoms with Crippen molar-refractivity contribution in [2.45, 2.75) is 38.8 Å². The van der Waals surface area contributed by atoms with Gasteiger partial charge in [0.15, 0.2) is 0 Å². The van der Waals surface area contributed by atoms with Crippen LogP contribution in [0.1, 0.15) is 26.7 Å². The fourth-order valence-corrected chi connectivity index (χ4v) is 2.18. The molecule has 1 aliphatic heterocycles. The second kappa shape index (κ2) is 6.58. The molecule has 1 rings (SSSR count). The average Bonchev–Trinajstić information content (AvgIpc) is 2.37. The van der Waals surface area contributed by atoms with Gasteiger partial charge in [0, 0.05) is 32.7 Å². The number of nitrogens with two attached hydrogens (primary N) is 1. The number of rotatable bonds is 4. The summed E-state index contributed by atoms with van der Waals surface area (Å²) in [4.78, 5) is 26.2. The highest BCUT2D eigenvalue weighted by Gasteiger charge is 2.24. The van der Waals surface area contributed by atoms with Crippen LogP contribution in [0.4, 0.5) is 4.79 Å². The van der Waals surface area contributed by atoms with Gasteiger partial charge < -0.3 is 20.9 Å². The summed E-state index contributed by atoms with van der Waals surface area (Å²) < 4.78 is 0. The molecule has 1 atom stereocenters. The topological polar surface area (TPSA) is 78.7 Å². The number of piperidine rings is 1. The third kappa shape index (κ3) is 3.87. The van der Waals surface area contributed by atoms with Gasteiger partial charge in [-0.05, 0) is 26.7 Å². The van der Waals surface area contributed by atoms with Crippen LogP contribution in [0.3, 0.4) is 0 Å². The minimum atomic E-state index is -0.358. The van der Waals surface area contributed by atoms with E-state index in [0.717, 1.165) is 12.8 Å². The molecule has 0 aromatic heterocycles. The molecule has 0 aromatic rings.